The Bertz CT molecular complexity index is 790. The SMILES string of the molecule is CC(=NC1CCCCC1)Nc1nc(NC(C)=NC2CCCCC2)nc(NC(C)=NC2CCCCC2)n1. The summed E-state index contributed by atoms with van der Waals surface area (Å²) < 4.78 is 0. The fourth-order valence-corrected chi connectivity index (χ4v) is 5.58. The second-order valence-corrected chi connectivity index (χ2v) is 10.7. The van der Waals surface area contributed by atoms with Crippen LogP contribution in [0.3, 0.4) is 0 Å². The lowest BCUT2D eigenvalue weighted by Gasteiger charge is -2.20. The van der Waals surface area contributed by atoms with Gasteiger partial charge < -0.3 is 16.0 Å². The van der Waals surface area contributed by atoms with Crippen molar-refractivity contribution in [3.05, 3.63) is 0 Å². The van der Waals surface area contributed by atoms with Crippen molar-refractivity contribution in [2.45, 2.75) is 135 Å². The molecule has 0 atom stereocenters. The number of nitrogens with one attached hydrogen (secondary N) is 3. The summed E-state index contributed by atoms with van der Waals surface area (Å²) in [6.45, 7) is 5.97. The molecule has 1 aromatic rings. The number of aromatic nitrogens is 3. The van der Waals surface area contributed by atoms with Crippen LogP contribution >= 0.6 is 0 Å². The number of aliphatic imine (C=N–C) groups is 3. The van der Waals surface area contributed by atoms with Gasteiger partial charge in [0.2, 0.25) is 17.8 Å². The molecule has 1 aromatic heterocycles. The van der Waals surface area contributed by atoms with Gasteiger partial charge in [0.1, 0.15) is 17.5 Å². The van der Waals surface area contributed by atoms with Crippen molar-refractivity contribution < 1.29 is 0 Å². The molecule has 0 spiro atoms. The van der Waals surface area contributed by atoms with Gasteiger partial charge in [0, 0.05) is 0 Å². The van der Waals surface area contributed by atoms with Crippen LogP contribution < -0.4 is 16.0 Å². The van der Waals surface area contributed by atoms with Crippen LogP contribution in [0, 0.1) is 0 Å². The van der Waals surface area contributed by atoms with Crippen LogP contribution in [0.1, 0.15) is 117 Å². The molecule has 0 unspecified atom stereocenters. The largest absolute Gasteiger partial charge is 0.313 e. The number of anilines is 3. The molecule has 198 valence electrons. The molecule has 3 aliphatic carbocycles. The molecule has 3 N–H and O–H groups in total. The predicted octanol–water partition coefficient (Wildman–Crippen LogP) is 6.36. The summed E-state index contributed by atoms with van der Waals surface area (Å²) >= 11 is 0. The Morgan fingerprint density at radius 2 is 0.722 bits per heavy atom. The maximum atomic E-state index is 4.88. The van der Waals surface area contributed by atoms with Crippen LogP contribution in [-0.2, 0) is 0 Å². The van der Waals surface area contributed by atoms with Gasteiger partial charge in [-0.25, -0.2) is 0 Å². The van der Waals surface area contributed by atoms with Crippen LogP contribution in [0.2, 0.25) is 0 Å². The number of hydrogen-bond donors (Lipinski definition) is 3. The topological polar surface area (TPSA) is 112 Å². The van der Waals surface area contributed by atoms with E-state index >= 15 is 0 Å². The lowest BCUT2D eigenvalue weighted by atomic mass is 9.96. The van der Waals surface area contributed by atoms with Crippen molar-refractivity contribution in [2.75, 3.05) is 16.0 Å². The first-order valence-electron chi connectivity index (χ1n) is 14.2. The highest BCUT2D eigenvalue weighted by molar-refractivity contribution is 5.95. The fraction of sp³-hybridized carbons (Fsp3) is 0.778. The minimum atomic E-state index is 0.387. The Kier molecular flexibility index (Phi) is 10.0. The van der Waals surface area contributed by atoms with E-state index in [4.69, 9.17) is 15.0 Å². The molecule has 0 aromatic carbocycles. The molecule has 3 saturated carbocycles. The number of hydrogen-bond acceptors (Lipinski definition) is 6. The van der Waals surface area contributed by atoms with Gasteiger partial charge in [-0.15, -0.1) is 0 Å². The molecule has 0 saturated heterocycles. The molecule has 0 amide bonds. The van der Waals surface area contributed by atoms with Gasteiger partial charge in [0.15, 0.2) is 0 Å². The van der Waals surface area contributed by atoms with E-state index in [0.717, 1.165) is 56.0 Å². The Balaban J connectivity index is 1.49. The summed E-state index contributed by atoms with van der Waals surface area (Å²) in [5, 5.41) is 9.92. The molecule has 0 radical (unpaired) electrons. The first-order valence-corrected chi connectivity index (χ1v) is 14.2. The highest BCUT2D eigenvalue weighted by atomic mass is 15.3. The molecule has 4 rings (SSSR count). The normalized spacial score (nSPS) is 21.9. The van der Waals surface area contributed by atoms with Crippen molar-refractivity contribution in [3.8, 4) is 0 Å². The Labute approximate surface area is 216 Å². The standard InChI is InChI=1S/C27H45N9/c1-19(28-22-13-7-4-8-14-22)31-25-34-26(32-20(2)29-23-15-9-5-10-16-23)36-27(35-25)33-21(3)30-24-17-11-6-12-18-24/h22-24H,4-18H2,1-3H3,(H3,28,29,30,31,32,33,34,35,36). The van der Waals surface area contributed by atoms with Gasteiger partial charge in [-0.2, -0.15) is 15.0 Å². The zero-order valence-corrected chi connectivity index (χ0v) is 22.5. The molecule has 9 nitrogen and oxygen atoms in total. The van der Waals surface area contributed by atoms with Gasteiger partial charge in [-0.3, -0.25) is 15.0 Å². The van der Waals surface area contributed by atoms with Gasteiger partial charge >= 0.3 is 0 Å². The Morgan fingerprint density at radius 3 is 0.972 bits per heavy atom. The van der Waals surface area contributed by atoms with E-state index in [1.165, 1.54) is 57.8 Å². The van der Waals surface area contributed by atoms with Crippen LogP contribution in [0.5, 0.6) is 0 Å². The van der Waals surface area contributed by atoms with Gasteiger partial charge in [-0.05, 0) is 59.3 Å². The van der Waals surface area contributed by atoms with Crippen LogP contribution in [0.4, 0.5) is 17.8 Å². The average Bonchev–Trinajstić information content (AvgIpc) is 2.85. The maximum absolute atomic E-state index is 4.88. The summed E-state index contributed by atoms with van der Waals surface area (Å²) in [6.07, 6.45) is 18.4. The number of rotatable bonds is 6. The van der Waals surface area contributed by atoms with E-state index in [2.05, 4.69) is 30.9 Å². The zero-order valence-electron chi connectivity index (χ0n) is 22.5. The fourth-order valence-electron chi connectivity index (χ4n) is 5.58. The highest BCUT2D eigenvalue weighted by Crippen LogP contribution is 2.23. The Hall–Kier alpha value is -2.58. The van der Waals surface area contributed by atoms with E-state index in [0.29, 0.717) is 36.0 Å². The van der Waals surface area contributed by atoms with E-state index in [1.807, 2.05) is 20.8 Å². The summed E-state index contributed by atoms with van der Waals surface area (Å²) in [5.74, 6) is 3.94. The van der Waals surface area contributed by atoms with Crippen molar-refractivity contribution in [2.24, 2.45) is 15.0 Å². The molecule has 3 aliphatic rings. The molecule has 0 aliphatic heterocycles. The minimum Gasteiger partial charge on any atom is -0.313 e. The first-order chi connectivity index (χ1) is 17.5. The van der Waals surface area contributed by atoms with Crippen LogP contribution in [0.15, 0.2) is 15.0 Å². The van der Waals surface area contributed by atoms with Crippen molar-refractivity contribution in [1.82, 2.24) is 15.0 Å². The first kappa shape index (κ1) is 26.5. The predicted molar refractivity (Wildman–Crippen MR) is 151 cm³/mol. The lowest BCUT2D eigenvalue weighted by Crippen LogP contribution is -2.21. The average molecular weight is 496 g/mol. The van der Waals surface area contributed by atoms with Crippen molar-refractivity contribution >= 4 is 35.4 Å². The van der Waals surface area contributed by atoms with E-state index in [-0.39, 0.29) is 0 Å². The third-order valence-electron chi connectivity index (χ3n) is 7.37. The Morgan fingerprint density at radius 1 is 0.472 bits per heavy atom. The van der Waals surface area contributed by atoms with Crippen molar-refractivity contribution in [3.63, 3.8) is 0 Å². The molecule has 3 fully saturated rings. The number of nitrogens with zero attached hydrogens (tertiary/aromatic N) is 6. The summed E-state index contributed by atoms with van der Waals surface area (Å²) in [4.78, 5) is 28.6. The minimum absolute atomic E-state index is 0.387. The van der Waals surface area contributed by atoms with Crippen molar-refractivity contribution in [1.29, 1.82) is 0 Å². The van der Waals surface area contributed by atoms with Gasteiger partial charge in [0.05, 0.1) is 18.1 Å². The van der Waals surface area contributed by atoms with E-state index in [1.54, 1.807) is 0 Å². The zero-order chi connectivity index (χ0) is 25.2. The van der Waals surface area contributed by atoms with Gasteiger partial charge in [-0.1, -0.05) is 57.8 Å². The van der Waals surface area contributed by atoms with Crippen LogP contribution in [-0.4, -0.2) is 50.6 Å². The second kappa shape index (κ2) is 13.7. The highest BCUT2D eigenvalue weighted by Gasteiger charge is 2.16. The lowest BCUT2D eigenvalue weighted by molar-refractivity contribution is 0.443. The maximum Gasteiger partial charge on any atom is 0.234 e. The third kappa shape index (κ3) is 8.82. The molecule has 36 heavy (non-hydrogen) atoms. The van der Waals surface area contributed by atoms with Gasteiger partial charge in [0.25, 0.3) is 0 Å². The second-order valence-electron chi connectivity index (χ2n) is 10.7. The monoisotopic (exact) mass is 495 g/mol. The molecular formula is C27H45N9. The molecule has 9 heteroatoms. The third-order valence-corrected chi connectivity index (χ3v) is 7.37. The quantitative estimate of drug-likeness (QED) is 0.313. The smallest absolute Gasteiger partial charge is 0.234 e. The molecule has 1 heterocycles. The van der Waals surface area contributed by atoms with Crippen LogP contribution in [0.25, 0.3) is 0 Å². The molecule has 0 bridgehead atoms. The van der Waals surface area contributed by atoms with E-state index < -0.39 is 0 Å². The summed E-state index contributed by atoms with van der Waals surface area (Å²) in [6, 6.07) is 1.16. The summed E-state index contributed by atoms with van der Waals surface area (Å²) in [7, 11) is 0. The summed E-state index contributed by atoms with van der Waals surface area (Å²) in [5.41, 5.74) is 0. The molecular weight excluding hydrogens is 450 g/mol. The van der Waals surface area contributed by atoms with E-state index in [9.17, 15) is 0 Å². The number of amidine groups is 3.